The summed E-state index contributed by atoms with van der Waals surface area (Å²) in [6, 6.07) is 0. The molecule has 0 spiro atoms. The monoisotopic (exact) mass is 1200 g/mol. The molecule has 0 aliphatic heterocycles. The van der Waals surface area contributed by atoms with Crippen LogP contribution in [0.1, 0.15) is 0 Å². The van der Waals surface area contributed by atoms with Crippen molar-refractivity contribution in [1.29, 1.82) is 0 Å². The Kier molecular flexibility index (Phi) is 267. The van der Waals surface area contributed by atoms with Crippen LogP contribution in [-0.4, -0.2) is 0 Å². The smallest absolute Gasteiger partial charge is 0.854 e. The number of rotatable bonds is 0. The minimum absolute atomic E-state index is 0. The van der Waals surface area contributed by atoms with Gasteiger partial charge in [-0.3, -0.25) is 0 Å². The first-order chi connectivity index (χ1) is 5.20. The zero-order chi connectivity index (χ0) is 10.7. The van der Waals surface area contributed by atoms with Crippen molar-refractivity contribution in [1.82, 2.24) is 0 Å². The van der Waals surface area contributed by atoms with Crippen LogP contribution in [0.25, 0.3) is 0 Å². The van der Waals surface area contributed by atoms with Gasteiger partial charge in [-0.1, -0.05) is 0 Å². The first kappa shape index (κ1) is 79.1. The molecule has 0 amide bonds. The molecule has 0 rings (SSSR count). The minimum atomic E-state index is -3.37. The Labute approximate surface area is 266 Å². The van der Waals surface area contributed by atoms with Gasteiger partial charge in [0, 0.05) is 0 Å². The summed E-state index contributed by atoms with van der Waals surface area (Å²) in [6.07, 6.45) is 0. The van der Waals surface area contributed by atoms with Gasteiger partial charge in [-0.2, -0.15) is 0 Å². The molecule has 21 heavy (non-hydrogen) atoms. The molecule has 9 nitrogen and oxygen atoms in total. The van der Waals surface area contributed by atoms with Crippen LogP contribution in [0.5, 0.6) is 0 Å². The second kappa shape index (κ2) is 70.9. The fraction of sp³-hybridized carbons (Fsp3) is 0. The SMILES string of the molecule is [Ag+].[Ag+].[Ag+].[Ag+].[Ag+].[Ag+].[Ag+].[Ag+].[Ag+].[O-]P([O-])[O-].[O-]P([O-])[O-].[O-]P([O-])[O-]. The minimum Gasteiger partial charge on any atom is -0.854 e. The molecule has 0 aromatic heterocycles. The van der Waals surface area contributed by atoms with Crippen molar-refractivity contribution in [2.75, 3.05) is 0 Å². The van der Waals surface area contributed by atoms with Crippen molar-refractivity contribution in [2.24, 2.45) is 0 Å². The van der Waals surface area contributed by atoms with Gasteiger partial charge >= 0.3 is 201 Å². The van der Waals surface area contributed by atoms with Gasteiger partial charge in [0.15, 0.2) is 0 Å². The van der Waals surface area contributed by atoms with Gasteiger partial charge in [-0.15, -0.1) is 0 Å². The van der Waals surface area contributed by atoms with Crippen molar-refractivity contribution in [3.63, 3.8) is 0 Å². The Morgan fingerprint density at radius 2 is 0.238 bits per heavy atom. The average molecular weight is 1210 g/mol. The van der Waals surface area contributed by atoms with Crippen LogP contribution in [0, 0.1) is 0 Å². The molecule has 0 aliphatic carbocycles. The molecular weight excluding hydrogens is 1210 g/mol. The third-order valence-corrected chi connectivity index (χ3v) is 0. The Morgan fingerprint density at radius 3 is 0.238 bits per heavy atom. The largest absolute Gasteiger partial charge is 1.00 e. The maximum absolute atomic E-state index is 8.48. The molecule has 0 fully saturated rings. The molecule has 0 unspecified atom stereocenters. The summed E-state index contributed by atoms with van der Waals surface area (Å²) >= 11 is 0. The van der Waals surface area contributed by atoms with E-state index in [1.54, 1.807) is 0 Å². The molecule has 0 aliphatic rings. The molecule has 0 heterocycles. The van der Waals surface area contributed by atoms with Crippen LogP contribution < -0.4 is 44.0 Å². The normalized spacial score (nSPS) is 5.14. The van der Waals surface area contributed by atoms with E-state index in [0.29, 0.717) is 0 Å². The van der Waals surface area contributed by atoms with Gasteiger partial charge in [0.1, 0.15) is 0 Å². The third-order valence-electron chi connectivity index (χ3n) is 0. The van der Waals surface area contributed by atoms with E-state index in [0.717, 1.165) is 0 Å². The van der Waals surface area contributed by atoms with Crippen molar-refractivity contribution in [3.8, 4) is 0 Å². The Morgan fingerprint density at radius 1 is 0.238 bits per heavy atom. The van der Waals surface area contributed by atoms with Crippen LogP contribution in [0.4, 0.5) is 0 Å². The molecule has 0 N–H and O–H groups in total. The van der Waals surface area contributed by atoms with Crippen LogP contribution in [0.15, 0.2) is 0 Å². The maximum Gasteiger partial charge on any atom is 1.00 e. The van der Waals surface area contributed by atoms with Gasteiger partial charge < -0.3 is 69.8 Å². The van der Waals surface area contributed by atoms with Gasteiger partial charge in [-0.05, 0) is 0 Å². The molecule has 0 atom stereocenters. The van der Waals surface area contributed by atoms with Crippen LogP contribution in [-0.2, 0) is 201 Å². The predicted octanol–water partition coefficient (Wildman–Crippen LogP) is -8.14. The Hall–Kier alpha value is 7.59. The van der Waals surface area contributed by atoms with Gasteiger partial charge in [0.2, 0.25) is 0 Å². The number of hydrogen-bond acceptors (Lipinski definition) is 9. The second-order valence-corrected chi connectivity index (χ2v) is 2.01. The summed E-state index contributed by atoms with van der Waals surface area (Å²) in [6.45, 7) is 0. The zero-order valence-electron chi connectivity index (χ0n) is 7.73. The van der Waals surface area contributed by atoms with Crippen LogP contribution >= 0.6 is 25.8 Å². The molecule has 0 radical (unpaired) electrons. The summed E-state index contributed by atoms with van der Waals surface area (Å²) in [5, 5.41) is 0. The quantitative estimate of drug-likeness (QED) is 0.167. The first-order valence-corrected chi connectivity index (χ1v) is 4.93. The third kappa shape index (κ3) is 314. The summed E-state index contributed by atoms with van der Waals surface area (Å²) in [4.78, 5) is 76.3. The van der Waals surface area contributed by atoms with E-state index < -0.39 is 25.8 Å². The van der Waals surface area contributed by atoms with Gasteiger partial charge in [0.25, 0.3) is 0 Å². The number of hydrogen-bond donors (Lipinski definition) is 0. The Bertz CT molecular complexity index is 59.0. The summed E-state index contributed by atoms with van der Waals surface area (Å²) in [5.41, 5.74) is 0. The van der Waals surface area contributed by atoms with E-state index in [1.165, 1.54) is 0 Å². The van der Waals surface area contributed by atoms with Crippen molar-refractivity contribution >= 4 is 25.8 Å². The standard InChI is InChI=1S/9Ag.3O3P/c;;;;;;;;;3*1-4(2)3/q9*+1;3*-3. The molecule has 0 aromatic rings. The molecule has 21 heteroatoms. The Balaban J connectivity index is -0.00000000476. The van der Waals surface area contributed by atoms with E-state index in [2.05, 4.69) is 0 Å². The average Bonchev–Trinajstić information content (AvgIpc) is 1.54. The molecule has 0 aromatic carbocycles. The predicted molar refractivity (Wildman–Crippen MR) is 20.8 cm³/mol. The van der Waals surface area contributed by atoms with E-state index >= 15 is 0 Å². The van der Waals surface area contributed by atoms with E-state index in [4.69, 9.17) is 44.0 Å². The van der Waals surface area contributed by atoms with Crippen molar-refractivity contribution < 1.29 is 245 Å². The maximum atomic E-state index is 8.48. The first-order valence-electron chi connectivity index (χ1n) is 1.64. The van der Waals surface area contributed by atoms with Gasteiger partial charge in [-0.25, -0.2) is 0 Å². The van der Waals surface area contributed by atoms with Gasteiger partial charge in [0.05, 0.1) is 0 Å². The van der Waals surface area contributed by atoms with Crippen molar-refractivity contribution in [3.05, 3.63) is 0 Å². The van der Waals surface area contributed by atoms with E-state index in [-0.39, 0.29) is 201 Å². The summed E-state index contributed by atoms with van der Waals surface area (Å²) in [5.74, 6) is 0. The van der Waals surface area contributed by atoms with Crippen molar-refractivity contribution in [2.45, 2.75) is 0 Å². The molecule has 0 bridgehead atoms. The van der Waals surface area contributed by atoms with Crippen LogP contribution in [0.3, 0.4) is 0 Å². The summed E-state index contributed by atoms with van der Waals surface area (Å²) < 4.78 is 0. The topological polar surface area (TPSA) is 208 Å². The molecule has 0 saturated carbocycles. The van der Waals surface area contributed by atoms with E-state index in [1.807, 2.05) is 0 Å². The molecule has 0 saturated heterocycles. The fourth-order valence-electron chi connectivity index (χ4n) is 0. The molecule has 168 valence electrons. The summed E-state index contributed by atoms with van der Waals surface area (Å²) in [7, 11) is -10.1. The molecular formula is Ag9O9P3. The van der Waals surface area contributed by atoms with E-state index in [9.17, 15) is 0 Å². The zero-order valence-corrected chi connectivity index (χ0v) is 23.8. The van der Waals surface area contributed by atoms with Crippen LogP contribution in [0.2, 0.25) is 0 Å². The second-order valence-electron chi connectivity index (χ2n) is 0.671. The fourth-order valence-corrected chi connectivity index (χ4v) is 0.